The molecule has 0 bridgehead atoms. The van der Waals surface area contributed by atoms with E-state index in [1.165, 1.54) is 0 Å². The average molecular weight is 370 g/mol. The van der Waals surface area contributed by atoms with Crippen LogP contribution in [0.25, 0.3) is 10.2 Å². The molecule has 0 aliphatic heterocycles. The van der Waals surface area contributed by atoms with Gasteiger partial charge in [0.2, 0.25) is 0 Å². The molecule has 1 N–H and O–H groups in total. The number of aryl methyl sites for hydroxylation is 3. The highest BCUT2D eigenvalue weighted by atomic mass is 32.1. The van der Waals surface area contributed by atoms with E-state index in [2.05, 4.69) is 10.3 Å². The van der Waals surface area contributed by atoms with Crippen molar-refractivity contribution >= 4 is 39.1 Å². The molecule has 2 aromatic heterocycles. The highest BCUT2D eigenvalue weighted by Crippen LogP contribution is 2.28. The predicted molar refractivity (Wildman–Crippen MR) is 97.5 cm³/mol. The molecule has 0 radical (unpaired) electrons. The van der Waals surface area contributed by atoms with Gasteiger partial charge in [-0.15, -0.1) is 11.3 Å². The number of anilines is 1. The summed E-state index contributed by atoms with van der Waals surface area (Å²) in [5.41, 5.74) is 2.71. The number of carboxylic acid groups (broad SMARTS) is 1. The fourth-order valence-corrected chi connectivity index (χ4v) is 3.79. The molecule has 0 spiro atoms. The number of carbonyl (C=O) groups is 2. The number of benzene rings is 1. The molecule has 0 saturated heterocycles. The van der Waals surface area contributed by atoms with E-state index in [0.29, 0.717) is 21.0 Å². The monoisotopic (exact) mass is 370 g/mol. The van der Waals surface area contributed by atoms with E-state index in [9.17, 15) is 19.5 Å². The van der Waals surface area contributed by atoms with Gasteiger partial charge in [0.25, 0.3) is 11.5 Å². The van der Waals surface area contributed by atoms with Crippen molar-refractivity contribution in [3.8, 4) is 0 Å². The van der Waals surface area contributed by atoms with Crippen molar-refractivity contribution in [1.29, 1.82) is 0 Å². The number of fused-ring (bicyclic) bond motifs is 1. The number of carbonyl (C=O) groups excluding carboxylic acids is 2. The van der Waals surface area contributed by atoms with Gasteiger partial charge in [0.15, 0.2) is 0 Å². The number of nitrogens with zero attached hydrogens (tertiary/aromatic N) is 2. The van der Waals surface area contributed by atoms with Crippen LogP contribution < -0.4 is 16.0 Å². The lowest BCUT2D eigenvalue weighted by Gasteiger charge is -2.08. The maximum absolute atomic E-state index is 12.7. The Hall–Kier alpha value is -3.00. The lowest BCUT2D eigenvalue weighted by atomic mass is 10.1. The highest BCUT2D eigenvalue weighted by molar-refractivity contribution is 7.20. The van der Waals surface area contributed by atoms with Crippen molar-refractivity contribution in [1.82, 2.24) is 9.55 Å². The molecule has 0 fully saturated rings. The molecule has 3 rings (SSSR count). The van der Waals surface area contributed by atoms with Crippen LogP contribution in [0.1, 0.15) is 26.4 Å². The van der Waals surface area contributed by atoms with Gasteiger partial charge in [0.05, 0.1) is 29.1 Å². The van der Waals surface area contributed by atoms with Gasteiger partial charge in [-0.2, -0.15) is 0 Å². The summed E-state index contributed by atoms with van der Waals surface area (Å²) in [5.74, 6) is -1.71. The maximum Gasteiger partial charge on any atom is 0.266 e. The summed E-state index contributed by atoms with van der Waals surface area (Å²) in [6.07, 6.45) is 1.15. The minimum Gasteiger partial charge on any atom is -0.548 e. The van der Waals surface area contributed by atoms with Crippen LogP contribution in [0.15, 0.2) is 29.3 Å². The summed E-state index contributed by atoms with van der Waals surface area (Å²) in [6.45, 7) is 4.95. The topological polar surface area (TPSA) is 104 Å². The number of aliphatic carboxylic acids is 1. The second-order valence-corrected chi connectivity index (χ2v) is 7.06. The number of nitrogens with one attached hydrogen (secondary N) is 1. The van der Waals surface area contributed by atoms with E-state index in [0.717, 1.165) is 33.4 Å². The van der Waals surface area contributed by atoms with E-state index in [-0.39, 0.29) is 11.3 Å². The molecule has 8 heteroatoms. The molecular formula is C18H16N3O4S-. The third-order valence-corrected chi connectivity index (χ3v) is 5.25. The molecule has 1 aromatic carbocycles. The fraction of sp³-hybridized carbons (Fsp3) is 0.222. The first kappa shape index (κ1) is 17.8. The largest absolute Gasteiger partial charge is 0.548 e. The Morgan fingerprint density at radius 2 is 2.00 bits per heavy atom. The van der Waals surface area contributed by atoms with Gasteiger partial charge in [-0.25, -0.2) is 4.98 Å². The predicted octanol–water partition coefficient (Wildman–Crippen LogP) is 1.39. The minimum absolute atomic E-state index is 0.254. The Kier molecular flexibility index (Phi) is 4.60. The molecule has 2 heterocycles. The Labute approximate surface area is 152 Å². The Morgan fingerprint density at radius 3 is 2.65 bits per heavy atom. The number of hydrogen-bond acceptors (Lipinski definition) is 6. The van der Waals surface area contributed by atoms with Gasteiger partial charge in [-0.3, -0.25) is 14.2 Å². The SMILES string of the molecule is Cc1ccc(NC(=O)c2sc3ncn(CC(=O)[O-])c(=O)c3c2C)c(C)c1. The molecule has 0 unspecified atom stereocenters. The Bertz CT molecular complexity index is 1100. The van der Waals surface area contributed by atoms with Crippen molar-refractivity contribution in [2.24, 2.45) is 0 Å². The van der Waals surface area contributed by atoms with E-state index in [1.54, 1.807) is 6.92 Å². The van der Waals surface area contributed by atoms with Gasteiger partial charge >= 0.3 is 0 Å². The second-order valence-electron chi connectivity index (χ2n) is 6.06. The van der Waals surface area contributed by atoms with Gasteiger partial charge in [-0.05, 0) is 38.0 Å². The standard InChI is InChI=1S/C18H17N3O4S/c1-9-4-5-12(10(2)6-9)20-16(24)15-11(3)14-17(26-15)19-8-21(18(14)25)7-13(22)23/h4-6,8H,7H2,1-3H3,(H,20,24)(H,22,23)/p-1. The van der Waals surface area contributed by atoms with Crippen LogP contribution in [0.3, 0.4) is 0 Å². The Morgan fingerprint density at radius 1 is 1.27 bits per heavy atom. The van der Waals surface area contributed by atoms with Gasteiger partial charge in [-0.1, -0.05) is 17.7 Å². The summed E-state index contributed by atoms with van der Waals surface area (Å²) in [4.78, 5) is 40.8. The number of rotatable bonds is 4. The lowest BCUT2D eigenvalue weighted by molar-refractivity contribution is -0.306. The summed E-state index contributed by atoms with van der Waals surface area (Å²) in [6, 6.07) is 5.70. The fourth-order valence-electron chi connectivity index (χ4n) is 2.76. The van der Waals surface area contributed by atoms with Crippen LogP contribution in [0.4, 0.5) is 5.69 Å². The molecule has 0 aliphatic carbocycles. The quantitative estimate of drug-likeness (QED) is 0.747. The van der Waals surface area contributed by atoms with E-state index < -0.39 is 18.1 Å². The zero-order valence-electron chi connectivity index (χ0n) is 14.5. The average Bonchev–Trinajstić information content (AvgIpc) is 2.90. The van der Waals surface area contributed by atoms with Gasteiger partial charge < -0.3 is 15.2 Å². The third-order valence-electron chi connectivity index (χ3n) is 4.05. The minimum atomic E-state index is -1.38. The molecule has 0 saturated carbocycles. The third kappa shape index (κ3) is 3.23. The smallest absolute Gasteiger partial charge is 0.266 e. The van der Waals surface area contributed by atoms with Crippen LogP contribution >= 0.6 is 11.3 Å². The van der Waals surface area contributed by atoms with Crippen molar-refractivity contribution < 1.29 is 14.7 Å². The molecular weight excluding hydrogens is 354 g/mol. The van der Waals surface area contributed by atoms with Crippen LogP contribution in [-0.4, -0.2) is 21.4 Å². The van der Waals surface area contributed by atoms with Crippen LogP contribution in [0.5, 0.6) is 0 Å². The summed E-state index contributed by atoms with van der Waals surface area (Å²) >= 11 is 1.10. The van der Waals surface area contributed by atoms with Gasteiger partial charge in [0, 0.05) is 5.69 Å². The summed E-state index contributed by atoms with van der Waals surface area (Å²) < 4.78 is 0.962. The zero-order valence-corrected chi connectivity index (χ0v) is 15.3. The molecule has 7 nitrogen and oxygen atoms in total. The van der Waals surface area contributed by atoms with Crippen molar-refractivity contribution in [2.45, 2.75) is 27.3 Å². The first-order chi connectivity index (χ1) is 12.3. The molecule has 1 amide bonds. The lowest BCUT2D eigenvalue weighted by Crippen LogP contribution is -2.32. The molecule has 26 heavy (non-hydrogen) atoms. The van der Waals surface area contributed by atoms with Crippen LogP contribution in [0, 0.1) is 20.8 Å². The number of carboxylic acids is 1. The first-order valence-electron chi connectivity index (χ1n) is 7.85. The van der Waals surface area contributed by atoms with E-state index in [4.69, 9.17) is 0 Å². The van der Waals surface area contributed by atoms with Gasteiger partial charge in [0.1, 0.15) is 4.83 Å². The molecule has 134 valence electrons. The summed E-state index contributed by atoms with van der Waals surface area (Å²) in [5, 5.41) is 13.9. The summed E-state index contributed by atoms with van der Waals surface area (Å²) in [7, 11) is 0. The van der Waals surface area contributed by atoms with Crippen molar-refractivity contribution in [2.75, 3.05) is 5.32 Å². The normalized spacial score (nSPS) is 10.9. The zero-order chi connectivity index (χ0) is 19.0. The number of hydrogen-bond donors (Lipinski definition) is 1. The molecule has 0 aliphatic rings. The maximum atomic E-state index is 12.7. The molecule has 3 aromatic rings. The van der Waals surface area contributed by atoms with Crippen LogP contribution in [0.2, 0.25) is 0 Å². The number of thiophene rings is 1. The first-order valence-corrected chi connectivity index (χ1v) is 8.66. The van der Waals surface area contributed by atoms with Crippen molar-refractivity contribution in [3.05, 3.63) is 56.4 Å². The highest BCUT2D eigenvalue weighted by Gasteiger charge is 2.20. The molecule has 0 atom stereocenters. The van der Waals surface area contributed by atoms with Crippen molar-refractivity contribution in [3.63, 3.8) is 0 Å². The van der Waals surface area contributed by atoms with E-state index >= 15 is 0 Å². The Balaban J connectivity index is 2.01. The number of aromatic nitrogens is 2. The number of amides is 1. The van der Waals surface area contributed by atoms with Crippen LogP contribution in [-0.2, 0) is 11.3 Å². The van der Waals surface area contributed by atoms with E-state index in [1.807, 2.05) is 32.0 Å². The second kappa shape index (κ2) is 6.72.